The summed E-state index contributed by atoms with van der Waals surface area (Å²) in [4.78, 5) is 31.0. The molecule has 0 radical (unpaired) electrons. The smallest absolute Gasteiger partial charge is 0.282 e. The lowest BCUT2D eigenvalue weighted by Crippen LogP contribution is -2.21. The molecule has 0 aliphatic rings. The van der Waals surface area contributed by atoms with Crippen LogP contribution in [0.25, 0.3) is 33.5 Å². The zero-order valence-electron chi connectivity index (χ0n) is 24.2. The molecule has 11 heteroatoms. The number of rotatable bonds is 9. The standard InChI is InChI=1S/C34H26Br2N4O5/c1-3-43-29-16-22(25(36)17-30(29)44-19-32(41)38-26-10-6-4-8-20(26)2)18-37-40-33(39-27-11-7-5-9-24(27)34(40)42)31-15-21-14-23(35)12-13-28(21)45-31/h4-18H,3,19H2,1-2H3,(H,38,41). The lowest BCUT2D eigenvalue weighted by atomic mass is 10.2. The molecule has 0 bridgehead atoms. The van der Waals surface area contributed by atoms with Crippen molar-refractivity contribution in [2.75, 3.05) is 18.5 Å². The van der Waals surface area contributed by atoms with Gasteiger partial charge in [-0.15, -0.1) is 0 Å². The maximum absolute atomic E-state index is 13.7. The molecule has 0 saturated heterocycles. The first kappa shape index (κ1) is 30.3. The lowest BCUT2D eigenvalue weighted by Gasteiger charge is -2.14. The van der Waals surface area contributed by atoms with E-state index in [1.807, 2.05) is 68.4 Å². The van der Waals surface area contributed by atoms with Gasteiger partial charge in [0.2, 0.25) is 5.82 Å². The number of ether oxygens (including phenoxy) is 2. The van der Waals surface area contributed by atoms with Gasteiger partial charge in [0.05, 0.1) is 23.7 Å². The average Bonchev–Trinajstić information content (AvgIpc) is 3.45. The van der Waals surface area contributed by atoms with Crippen LogP contribution >= 0.6 is 31.9 Å². The molecular weight excluding hydrogens is 704 g/mol. The van der Waals surface area contributed by atoms with Crippen LogP contribution in [0.4, 0.5) is 5.69 Å². The normalized spacial score (nSPS) is 11.4. The summed E-state index contributed by atoms with van der Waals surface area (Å²) in [6.07, 6.45) is 1.53. The molecule has 1 amide bonds. The minimum atomic E-state index is -0.353. The Morgan fingerprint density at radius 2 is 1.78 bits per heavy atom. The van der Waals surface area contributed by atoms with Crippen LogP contribution in [0.1, 0.15) is 18.1 Å². The number of benzene rings is 4. The molecule has 4 aromatic carbocycles. The van der Waals surface area contributed by atoms with Crippen LogP contribution in [0.2, 0.25) is 0 Å². The fraction of sp³-hybridized carbons (Fsp3) is 0.118. The number of carbonyl (C=O) groups is 1. The first-order chi connectivity index (χ1) is 21.8. The molecule has 6 aromatic rings. The third-order valence-electron chi connectivity index (χ3n) is 6.91. The molecule has 226 valence electrons. The van der Waals surface area contributed by atoms with Gasteiger partial charge < -0.3 is 19.2 Å². The highest BCUT2D eigenvalue weighted by Crippen LogP contribution is 2.34. The van der Waals surface area contributed by atoms with Crippen molar-refractivity contribution >= 4 is 71.5 Å². The number of halogens is 2. The number of nitrogens with one attached hydrogen (secondary N) is 1. The van der Waals surface area contributed by atoms with Gasteiger partial charge >= 0.3 is 0 Å². The van der Waals surface area contributed by atoms with Crippen molar-refractivity contribution in [2.24, 2.45) is 5.10 Å². The van der Waals surface area contributed by atoms with Crippen LogP contribution in [0.15, 0.2) is 108 Å². The number of fused-ring (bicyclic) bond motifs is 2. The van der Waals surface area contributed by atoms with Gasteiger partial charge in [-0.05, 0) is 89.9 Å². The summed E-state index contributed by atoms with van der Waals surface area (Å²) in [5, 5.41) is 8.69. The number of anilines is 1. The van der Waals surface area contributed by atoms with E-state index in [1.165, 1.54) is 10.9 Å². The number of hydrogen-bond acceptors (Lipinski definition) is 7. The Morgan fingerprint density at radius 1 is 1.00 bits per heavy atom. The van der Waals surface area contributed by atoms with Crippen molar-refractivity contribution < 1.29 is 18.7 Å². The van der Waals surface area contributed by atoms with Crippen LogP contribution < -0.4 is 20.3 Å². The molecule has 0 saturated carbocycles. The fourth-order valence-corrected chi connectivity index (χ4v) is 5.51. The van der Waals surface area contributed by atoms with Crippen molar-refractivity contribution in [3.8, 4) is 23.1 Å². The summed E-state index contributed by atoms with van der Waals surface area (Å²) in [5.74, 6) is 1.13. The minimum Gasteiger partial charge on any atom is -0.490 e. The molecule has 2 heterocycles. The van der Waals surface area contributed by atoms with Gasteiger partial charge in [0.25, 0.3) is 11.5 Å². The molecule has 2 aromatic heterocycles. The first-order valence-electron chi connectivity index (χ1n) is 14.0. The molecule has 1 N–H and O–H groups in total. The lowest BCUT2D eigenvalue weighted by molar-refractivity contribution is -0.118. The van der Waals surface area contributed by atoms with Gasteiger partial charge in [-0.25, -0.2) is 4.98 Å². The van der Waals surface area contributed by atoms with E-state index in [1.54, 1.807) is 30.3 Å². The summed E-state index contributed by atoms with van der Waals surface area (Å²) < 4.78 is 20.5. The Morgan fingerprint density at radius 3 is 2.60 bits per heavy atom. The van der Waals surface area contributed by atoms with Crippen molar-refractivity contribution in [1.82, 2.24) is 9.66 Å². The van der Waals surface area contributed by atoms with Gasteiger partial charge in [0, 0.05) is 25.6 Å². The molecule has 45 heavy (non-hydrogen) atoms. The number of para-hydroxylation sites is 2. The highest BCUT2D eigenvalue weighted by molar-refractivity contribution is 9.10. The number of furan rings is 1. The Kier molecular flexibility index (Phi) is 8.81. The minimum absolute atomic E-state index is 0.218. The maximum Gasteiger partial charge on any atom is 0.282 e. The molecule has 0 aliphatic heterocycles. The van der Waals surface area contributed by atoms with Crippen molar-refractivity contribution in [3.63, 3.8) is 0 Å². The zero-order valence-corrected chi connectivity index (χ0v) is 27.4. The van der Waals surface area contributed by atoms with E-state index in [0.717, 1.165) is 21.1 Å². The molecular formula is C34H26Br2N4O5. The Balaban J connectivity index is 1.34. The quantitative estimate of drug-likeness (QED) is 0.152. The van der Waals surface area contributed by atoms with E-state index in [0.29, 0.717) is 50.4 Å². The van der Waals surface area contributed by atoms with Crippen LogP contribution in [0.5, 0.6) is 11.5 Å². The Labute approximate surface area is 274 Å². The Bertz CT molecular complexity index is 2160. The van der Waals surface area contributed by atoms with Crippen molar-refractivity contribution in [2.45, 2.75) is 13.8 Å². The zero-order chi connectivity index (χ0) is 31.5. The second-order valence-corrected chi connectivity index (χ2v) is 11.8. The molecule has 0 atom stereocenters. The molecule has 0 aliphatic carbocycles. The Hall–Kier alpha value is -4.74. The number of aromatic nitrogens is 2. The van der Waals surface area contributed by atoms with E-state index < -0.39 is 0 Å². The van der Waals surface area contributed by atoms with E-state index >= 15 is 0 Å². The number of nitrogens with zero attached hydrogens (tertiary/aromatic N) is 3. The predicted molar refractivity (Wildman–Crippen MR) is 183 cm³/mol. The number of hydrogen-bond donors (Lipinski definition) is 1. The third kappa shape index (κ3) is 6.54. The van der Waals surface area contributed by atoms with Gasteiger partial charge in [-0.1, -0.05) is 46.3 Å². The van der Waals surface area contributed by atoms with Crippen LogP contribution in [-0.4, -0.2) is 35.0 Å². The van der Waals surface area contributed by atoms with Crippen LogP contribution in [0.3, 0.4) is 0 Å². The number of carbonyl (C=O) groups excluding carboxylic acids is 1. The second-order valence-electron chi connectivity index (χ2n) is 10.0. The summed E-state index contributed by atoms with van der Waals surface area (Å²) >= 11 is 7.06. The fourth-order valence-electron chi connectivity index (χ4n) is 4.71. The van der Waals surface area contributed by atoms with Gasteiger partial charge in [0.15, 0.2) is 23.9 Å². The summed E-state index contributed by atoms with van der Waals surface area (Å²) in [5.41, 5.74) is 3.10. The largest absolute Gasteiger partial charge is 0.490 e. The van der Waals surface area contributed by atoms with Crippen molar-refractivity contribution in [1.29, 1.82) is 0 Å². The SMILES string of the molecule is CCOc1cc(C=Nn2c(-c3cc4cc(Br)ccc4o3)nc3ccccc3c2=O)c(Br)cc1OCC(=O)Nc1ccccc1C. The van der Waals surface area contributed by atoms with E-state index in [9.17, 15) is 9.59 Å². The molecule has 0 unspecified atom stereocenters. The van der Waals surface area contributed by atoms with E-state index in [-0.39, 0.29) is 23.9 Å². The van der Waals surface area contributed by atoms with Crippen LogP contribution in [-0.2, 0) is 4.79 Å². The predicted octanol–water partition coefficient (Wildman–Crippen LogP) is 7.94. The number of amides is 1. The average molecular weight is 730 g/mol. The topological polar surface area (TPSA) is 108 Å². The molecule has 0 fully saturated rings. The monoisotopic (exact) mass is 728 g/mol. The third-order valence-corrected chi connectivity index (χ3v) is 8.09. The van der Waals surface area contributed by atoms with E-state index in [4.69, 9.17) is 18.9 Å². The van der Waals surface area contributed by atoms with Crippen molar-refractivity contribution in [3.05, 3.63) is 115 Å². The van der Waals surface area contributed by atoms with Crippen LogP contribution in [0, 0.1) is 6.92 Å². The summed E-state index contributed by atoms with van der Waals surface area (Å²) in [7, 11) is 0. The second kappa shape index (κ2) is 13.1. The van der Waals surface area contributed by atoms with Gasteiger partial charge in [0.1, 0.15) is 5.58 Å². The molecule has 9 nitrogen and oxygen atoms in total. The van der Waals surface area contributed by atoms with Gasteiger partial charge in [-0.2, -0.15) is 9.78 Å². The highest BCUT2D eigenvalue weighted by Gasteiger charge is 2.18. The maximum atomic E-state index is 13.7. The number of aryl methyl sites for hydroxylation is 1. The van der Waals surface area contributed by atoms with E-state index in [2.05, 4.69) is 42.3 Å². The van der Waals surface area contributed by atoms with Gasteiger partial charge in [-0.3, -0.25) is 9.59 Å². The summed E-state index contributed by atoms with van der Waals surface area (Å²) in [6, 6.07) is 25.5. The molecule has 6 rings (SSSR count). The summed E-state index contributed by atoms with van der Waals surface area (Å²) in [6.45, 7) is 3.92. The highest BCUT2D eigenvalue weighted by atomic mass is 79.9. The molecule has 0 spiro atoms. The first-order valence-corrected chi connectivity index (χ1v) is 15.6.